The van der Waals surface area contributed by atoms with Gasteiger partial charge in [0.1, 0.15) is 0 Å². The Hall–Kier alpha value is -0.330. The number of alkyl halides is 3. The van der Waals surface area contributed by atoms with Crippen molar-refractivity contribution in [3.05, 3.63) is 0 Å². The first-order valence-electron chi connectivity index (χ1n) is 3.58. The Balaban J connectivity index is 2.46. The summed E-state index contributed by atoms with van der Waals surface area (Å²) in [5.74, 6) is 0. The molecular weight excluding hydrogens is 175 g/mol. The van der Waals surface area contributed by atoms with E-state index < -0.39 is 18.4 Å². The summed E-state index contributed by atoms with van der Waals surface area (Å²) in [4.78, 5) is 0. The molecule has 72 valence electrons. The smallest absolute Gasteiger partial charge is 0.394 e. The van der Waals surface area contributed by atoms with Crippen molar-refractivity contribution in [2.45, 2.75) is 18.4 Å². The molecule has 3 nitrogen and oxygen atoms in total. The van der Waals surface area contributed by atoms with Crippen molar-refractivity contribution in [3.8, 4) is 0 Å². The average molecular weight is 185 g/mol. The molecule has 0 aliphatic carbocycles. The first kappa shape index (κ1) is 9.76. The van der Waals surface area contributed by atoms with Crippen LogP contribution < -0.4 is 5.32 Å². The Morgan fingerprint density at radius 2 is 2.08 bits per heavy atom. The van der Waals surface area contributed by atoms with Gasteiger partial charge in [-0.05, 0) is 0 Å². The lowest BCUT2D eigenvalue weighted by Gasteiger charge is -2.30. The van der Waals surface area contributed by atoms with Crippen molar-refractivity contribution in [2.24, 2.45) is 0 Å². The number of halogens is 3. The zero-order chi connectivity index (χ0) is 9.19. The number of morpholine rings is 1. The molecule has 1 aliphatic rings. The molecule has 2 atom stereocenters. The molecule has 6 heteroatoms. The van der Waals surface area contributed by atoms with E-state index in [0.29, 0.717) is 0 Å². The Bertz CT molecular complexity index is 150. The first-order valence-corrected chi connectivity index (χ1v) is 3.58. The van der Waals surface area contributed by atoms with Crippen LogP contribution in [0.25, 0.3) is 0 Å². The van der Waals surface area contributed by atoms with E-state index in [-0.39, 0.29) is 19.7 Å². The number of aliphatic hydroxyl groups excluding tert-OH is 1. The third kappa shape index (κ3) is 2.33. The molecule has 0 amide bonds. The summed E-state index contributed by atoms with van der Waals surface area (Å²) in [6.45, 7) is -0.358. The molecule has 1 aliphatic heterocycles. The lowest BCUT2D eigenvalue weighted by atomic mass is 10.2. The van der Waals surface area contributed by atoms with E-state index in [9.17, 15) is 13.2 Å². The maximum atomic E-state index is 12.0. The quantitative estimate of drug-likeness (QED) is 0.599. The third-order valence-electron chi connectivity index (χ3n) is 1.63. The molecule has 0 bridgehead atoms. The summed E-state index contributed by atoms with van der Waals surface area (Å²) in [6, 6.07) is 0. The number of hydrogen-bond donors (Lipinski definition) is 2. The van der Waals surface area contributed by atoms with Crippen molar-refractivity contribution in [3.63, 3.8) is 0 Å². The van der Waals surface area contributed by atoms with E-state index in [1.807, 2.05) is 0 Å². The van der Waals surface area contributed by atoms with Crippen LogP contribution in [-0.4, -0.2) is 43.2 Å². The second kappa shape index (κ2) is 3.59. The van der Waals surface area contributed by atoms with Crippen molar-refractivity contribution >= 4 is 0 Å². The van der Waals surface area contributed by atoms with Gasteiger partial charge in [-0.25, -0.2) is 0 Å². The molecule has 0 spiro atoms. The summed E-state index contributed by atoms with van der Waals surface area (Å²) in [5.41, 5.74) is 0. The van der Waals surface area contributed by atoms with Gasteiger partial charge in [-0.3, -0.25) is 0 Å². The number of nitrogens with one attached hydrogen (secondary N) is 1. The monoisotopic (exact) mass is 185 g/mol. The second-order valence-electron chi connectivity index (χ2n) is 2.63. The molecule has 0 saturated carbocycles. The van der Waals surface area contributed by atoms with Crippen LogP contribution in [0.1, 0.15) is 0 Å². The minimum atomic E-state index is -4.35. The molecule has 1 fully saturated rings. The molecule has 12 heavy (non-hydrogen) atoms. The summed E-state index contributed by atoms with van der Waals surface area (Å²) in [6.07, 6.45) is -6.88. The van der Waals surface area contributed by atoms with Crippen molar-refractivity contribution < 1.29 is 23.0 Å². The zero-order valence-corrected chi connectivity index (χ0v) is 6.27. The fraction of sp³-hybridized carbons (Fsp3) is 1.00. The highest BCUT2D eigenvalue weighted by molar-refractivity contribution is 4.78. The van der Waals surface area contributed by atoms with Gasteiger partial charge in [-0.2, -0.15) is 13.2 Å². The van der Waals surface area contributed by atoms with Crippen LogP contribution in [0.3, 0.4) is 0 Å². The van der Waals surface area contributed by atoms with Gasteiger partial charge in [0.05, 0.1) is 12.7 Å². The van der Waals surface area contributed by atoms with Crippen LogP contribution in [0, 0.1) is 0 Å². The Morgan fingerprint density at radius 3 is 2.58 bits per heavy atom. The predicted molar refractivity (Wildman–Crippen MR) is 34.7 cm³/mol. The van der Waals surface area contributed by atoms with E-state index in [1.54, 1.807) is 0 Å². The topological polar surface area (TPSA) is 41.5 Å². The lowest BCUT2D eigenvalue weighted by molar-refractivity contribution is -0.242. The van der Waals surface area contributed by atoms with Crippen LogP contribution in [-0.2, 0) is 4.74 Å². The average Bonchev–Trinajstić information content (AvgIpc) is 2.03. The molecular formula is C6H10F3NO2. The van der Waals surface area contributed by atoms with Gasteiger partial charge in [0, 0.05) is 13.1 Å². The SMILES string of the molecule is OC[C@H]1CNC[C@H](C(F)(F)F)O1. The summed E-state index contributed by atoms with van der Waals surface area (Å²) in [7, 11) is 0. The molecule has 1 saturated heterocycles. The number of aliphatic hydroxyl groups is 1. The third-order valence-corrected chi connectivity index (χ3v) is 1.63. The largest absolute Gasteiger partial charge is 0.415 e. The van der Waals surface area contributed by atoms with E-state index in [2.05, 4.69) is 10.1 Å². The highest BCUT2D eigenvalue weighted by atomic mass is 19.4. The Morgan fingerprint density at radius 1 is 1.42 bits per heavy atom. The highest BCUT2D eigenvalue weighted by Gasteiger charge is 2.43. The van der Waals surface area contributed by atoms with Crippen LogP contribution >= 0.6 is 0 Å². The summed E-state index contributed by atoms with van der Waals surface area (Å²) >= 11 is 0. The fourth-order valence-electron chi connectivity index (χ4n) is 1.00. The summed E-state index contributed by atoms with van der Waals surface area (Å²) in [5, 5.41) is 11.1. The fourth-order valence-corrected chi connectivity index (χ4v) is 1.00. The van der Waals surface area contributed by atoms with E-state index >= 15 is 0 Å². The van der Waals surface area contributed by atoms with Crippen LogP contribution in [0.2, 0.25) is 0 Å². The zero-order valence-electron chi connectivity index (χ0n) is 6.27. The van der Waals surface area contributed by atoms with E-state index in [1.165, 1.54) is 0 Å². The molecule has 0 aromatic rings. The van der Waals surface area contributed by atoms with Crippen molar-refractivity contribution in [1.82, 2.24) is 5.32 Å². The lowest BCUT2D eigenvalue weighted by Crippen LogP contribution is -2.52. The van der Waals surface area contributed by atoms with Crippen molar-refractivity contribution in [1.29, 1.82) is 0 Å². The van der Waals surface area contributed by atoms with Gasteiger partial charge in [0.2, 0.25) is 0 Å². The van der Waals surface area contributed by atoms with Gasteiger partial charge in [-0.15, -0.1) is 0 Å². The van der Waals surface area contributed by atoms with Gasteiger partial charge < -0.3 is 15.2 Å². The number of rotatable bonds is 1. The Kier molecular flexibility index (Phi) is 2.92. The molecule has 0 radical (unpaired) electrons. The van der Waals surface area contributed by atoms with E-state index in [4.69, 9.17) is 5.11 Å². The minimum Gasteiger partial charge on any atom is -0.394 e. The minimum absolute atomic E-state index is 0.236. The van der Waals surface area contributed by atoms with Gasteiger partial charge >= 0.3 is 6.18 Å². The van der Waals surface area contributed by atoms with Gasteiger partial charge in [-0.1, -0.05) is 0 Å². The number of ether oxygens (including phenoxy) is 1. The first-order chi connectivity index (χ1) is 5.54. The maximum Gasteiger partial charge on any atom is 0.415 e. The molecule has 0 aromatic carbocycles. The highest BCUT2D eigenvalue weighted by Crippen LogP contribution is 2.24. The van der Waals surface area contributed by atoms with Gasteiger partial charge in [0.25, 0.3) is 0 Å². The molecule has 1 rings (SSSR count). The van der Waals surface area contributed by atoms with Gasteiger partial charge in [0.15, 0.2) is 6.10 Å². The number of hydrogen-bond acceptors (Lipinski definition) is 3. The van der Waals surface area contributed by atoms with Crippen LogP contribution in [0.5, 0.6) is 0 Å². The van der Waals surface area contributed by atoms with Crippen LogP contribution in [0.15, 0.2) is 0 Å². The second-order valence-corrected chi connectivity index (χ2v) is 2.63. The van der Waals surface area contributed by atoms with E-state index in [0.717, 1.165) is 0 Å². The normalized spacial score (nSPS) is 32.0. The van der Waals surface area contributed by atoms with Crippen molar-refractivity contribution in [2.75, 3.05) is 19.7 Å². The molecule has 2 N–H and O–H groups in total. The molecule has 0 aromatic heterocycles. The molecule has 0 unspecified atom stereocenters. The van der Waals surface area contributed by atoms with Crippen LogP contribution in [0.4, 0.5) is 13.2 Å². The Labute approximate surface area is 67.5 Å². The molecule has 1 heterocycles. The predicted octanol–water partition coefficient (Wildman–Crippen LogP) is -0.102. The standard InChI is InChI=1S/C6H10F3NO2/c7-6(8,9)5-2-10-1-4(3-11)12-5/h4-5,10-11H,1-3H2/t4-,5-/m1/s1. The maximum absolute atomic E-state index is 12.0. The summed E-state index contributed by atoms with van der Waals surface area (Å²) < 4.78 is 40.6.